The molecular weight excluding hydrogens is 296 g/mol. The minimum Gasteiger partial charge on any atom is -0.393 e. The van der Waals surface area contributed by atoms with Crippen molar-refractivity contribution in [2.45, 2.75) is 45.2 Å². The normalized spacial score (nSPS) is 12.0. The number of aromatic nitrogens is 2. The van der Waals surface area contributed by atoms with Crippen LogP contribution in [0.25, 0.3) is 0 Å². The first-order valence-electron chi connectivity index (χ1n) is 6.65. The van der Waals surface area contributed by atoms with Gasteiger partial charge in [0.2, 0.25) is 0 Å². The van der Waals surface area contributed by atoms with Gasteiger partial charge < -0.3 is 10.3 Å². The van der Waals surface area contributed by atoms with E-state index in [1.54, 1.807) is 20.0 Å². The second-order valence-corrected chi connectivity index (χ2v) is 6.94. The highest BCUT2D eigenvalue weighted by Gasteiger charge is 2.26. The van der Waals surface area contributed by atoms with Crippen molar-refractivity contribution in [1.82, 2.24) is 13.9 Å². The summed E-state index contributed by atoms with van der Waals surface area (Å²) in [6.45, 7) is 7.03. The molecule has 8 heteroatoms. The van der Waals surface area contributed by atoms with E-state index in [2.05, 4.69) is 4.98 Å². The number of hydrogen-bond acceptors (Lipinski definition) is 4. The van der Waals surface area contributed by atoms with Crippen molar-refractivity contribution in [2.24, 2.45) is 5.73 Å². The summed E-state index contributed by atoms with van der Waals surface area (Å²) < 4.78 is 28.2. The average Bonchev–Trinajstić information content (AvgIpc) is 2.72. The van der Waals surface area contributed by atoms with Gasteiger partial charge in [0, 0.05) is 32.3 Å². The van der Waals surface area contributed by atoms with Gasteiger partial charge in [-0.25, -0.2) is 13.4 Å². The highest BCUT2D eigenvalue weighted by molar-refractivity contribution is 7.89. The van der Waals surface area contributed by atoms with E-state index < -0.39 is 10.0 Å². The molecule has 6 nitrogen and oxygen atoms in total. The molecule has 0 saturated heterocycles. The van der Waals surface area contributed by atoms with Crippen LogP contribution in [-0.4, -0.2) is 40.4 Å². The minimum absolute atomic E-state index is 0.0910. The predicted molar refractivity (Wildman–Crippen MR) is 83.1 cm³/mol. The van der Waals surface area contributed by atoms with Gasteiger partial charge in [-0.05, 0) is 13.3 Å². The molecule has 1 heterocycles. The minimum atomic E-state index is -3.58. The van der Waals surface area contributed by atoms with Gasteiger partial charge in [-0.2, -0.15) is 4.31 Å². The molecule has 0 aliphatic rings. The molecule has 0 atom stereocenters. The zero-order valence-corrected chi connectivity index (χ0v) is 13.8. The third kappa shape index (κ3) is 4.00. The number of hydrogen-bond donors (Lipinski definition) is 1. The highest BCUT2D eigenvalue weighted by atomic mass is 32.2. The lowest BCUT2D eigenvalue weighted by molar-refractivity contribution is 0.435. The van der Waals surface area contributed by atoms with Crippen molar-refractivity contribution in [3.05, 3.63) is 12.0 Å². The summed E-state index contributed by atoms with van der Waals surface area (Å²) in [5.74, 6) is 0.704. The SMILES string of the molecule is CCCn1cc(S(=O)(=O)N(CC)CCC(N)=S)nc1C. The summed E-state index contributed by atoms with van der Waals surface area (Å²) >= 11 is 4.80. The van der Waals surface area contributed by atoms with Crippen molar-refractivity contribution < 1.29 is 8.42 Å². The van der Waals surface area contributed by atoms with Crippen molar-refractivity contribution in [1.29, 1.82) is 0 Å². The molecule has 1 aromatic heterocycles. The quantitative estimate of drug-likeness (QED) is 0.730. The van der Waals surface area contributed by atoms with Gasteiger partial charge in [0.15, 0.2) is 5.03 Å². The summed E-state index contributed by atoms with van der Waals surface area (Å²) in [7, 11) is -3.58. The van der Waals surface area contributed by atoms with Crippen molar-refractivity contribution in [3.63, 3.8) is 0 Å². The molecule has 0 fully saturated rings. The molecule has 2 N–H and O–H groups in total. The van der Waals surface area contributed by atoms with E-state index in [0.717, 1.165) is 13.0 Å². The molecule has 0 spiro atoms. The van der Waals surface area contributed by atoms with Gasteiger partial charge >= 0.3 is 0 Å². The van der Waals surface area contributed by atoms with Gasteiger partial charge in [-0.15, -0.1) is 0 Å². The van der Waals surface area contributed by atoms with Crippen LogP contribution in [0.5, 0.6) is 0 Å². The number of sulfonamides is 1. The Bertz CT molecular complexity index is 566. The lowest BCUT2D eigenvalue weighted by Gasteiger charge is -2.18. The largest absolute Gasteiger partial charge is 0.393 e. The monoisotopic (exact) mass is 318 g/mol. The fourth-order valence-corrected chi connectivity index (χ4v) is 3.42. The molecule has 20 heavy (non-hydrogen) atoms. The molecule has 1 aromatic rings. The van der Waals surface area contributed by atoms with E-state index in [4.69, 9.17) is 18.0 Å². The Labute approximate surface area is 126 Å². The van der Waals surface area contributed by atoms with Crippen molar-refractivity contribution in [2.75, 3.05) is 13.1 Å². The van der Waals surface area contributed by atoms with Gasteiger partial charge in [-0.1, -0.05) is 26.1 Å². The maximum Gasteiger partial charge on any atom is 0.262 e. The Hall–Kier alpha value is -0.990. The van der Waals surface area contributed by atoms with Crippen LogP contribution in [0.2, 0.25) is 0 Å². The van der Waals surface area contributed by atoms with Gasteiger partial charge in [-0.3, -0.25) is 0 Å². The van der Waals surface area contributed by atoms with Crippen LogP contribution >= 0.6 is 12.2 Å². The van der Waals surface area contributed by atoms with Crippen LogP contribution < -0.4 is 5.73 Å². The van der Waals surface area contributed by atoms with E-state index in [1.165, 1.54) is 4.31 Å². The Morgan fingerprint density at radius 1 is 1.50 bits per heavy atom. The molecule has 0 unspecified atom stereocenters. The smallest absolute Gasteiger partial charge is 0.262 e. The third-order valence-corrected chi connectivity index (χ3v) is 5.03. The second kappa shape index (κ2) is 7.14. The molecule has 1 rings (SSSR count). The standard InChI is InChI=1S/C12H22N4O2S2/c1-4-7-15-9-12(14-10(15)3)20(17,18)16(5-2)8-6-11(13)19/h9H,4-8H2,1-3H3,(H2,13,19). The molecular formula is C12H22N4O2S2. The summed E-state index contributed by atoms with van der Waals surface area (Å²) in [6.07, 6.45) is 2.89. The zero-order chi connectivity index (χ0) is 15.3. The first-order chi connectivity index (χ1) is 9.32. The van der Waals surface area contributed by atoms with E-state index in [-0.39, 0.29) is 11.6 Å². The molecule has 114 valence electrons. The number of thiocarbonyl (C=S) groups is 1. The van der Waals surface area contributed by atoms with E-state index >= 15 is 0 Å². The maximum absolute atomic E-state index is 12.5. The molecule has 0 radical (unpaired) electrons. The number of imidazole rings is 1. The number of rotatable bonds is 8. The summed E-state index contributed by atoms with van der Waals surface area (Å²) in [5, 5.41) is 0.0910. The van der Waals surface area contributed by atoms with Gasteiger partial charge in [0.05, 0.1) is 4.99 Å². The number of nitrogens with two attached hydrogens (primary N) is 1. The Morgan fingerprint density at radius 3 is 2.65 bits per heavy atom. The van der Waals surface area contributed by atoms with Crippen molar-refractivity contribution in [3.8, 4) is 0 Å². The average molecular weight is 318 g/mol. The Morgan fingerprint density at radius 2 is 2.15 bits per heavy atom. The van der Waals surface area contributed by atoms with Crippen LogP contribution in [0.3, 0.4) is 0 Å². The van der Waals surface area contributed by atoms with Crippen LogP contribution in [0.4, 0.5) is 0 Å². The first-order valence-corrected chi connectivity index (χ1v) is 8.50. The van der Waals surface area contributed by atoms with Crippen LogP contribution in [0, 0.1) is 6.92 Å². The van der Waals surface area contributed by atoms with Gasteiger partial charge in [0.25, 0.3) is 10.0 Å². The summed E-state index contributed by atoms with van der Waals surface area (Å²) in [6, 6.07) is 0. The topological polar surface area (TPSA) is 81.2 Å². The van der Waals surface area contributed by atoms with Crippen LogP contribution in [-0.2, 0) is 16.6 Å². The van der Waals surface area contributed by atoms with Crippen LogP contribution in [0.15, 0.2) is 11.2 Å². The van der Waals surface area contributed by atoms with E-state index in [0.29, 0.717) is 23.8 Å². The Balaban J connectivity index is 3.01. The van der Waals surface area contributed by atoms with E-state index in [9.17, 15) is 8.42 Å². The predicted octanol–water partition coefficient (Wildman–Crippen LogP) is 1.29. The molecule has 0 saturated carbocycles. The van der Waals surface area contributed by atoms with E-state index in [1.807, 2.05) is 11.5 Å². The van der Waals surface area contributed by atoms with Gasteiger partial charge in [0.1, 0.15) is 5.82 Å². The molecule has 0 aliphatic heterocycles. The Kier molecular flexibility index (Phi) is 6.09. The van der Waals surface area contributed by atoms with Crippen LogP contribution in [0.1, 0.15) is 32.5 Å². The highest BCUT2D eigenvalue weighted by Crippen LogP contribution is 2.16. The molecule has 0 aromatic carbocycles. The first kappa shape index (κ1) is 17.1. The molecule has 0 amide bonds. The fraction of sp³-hybridized carbons (Fsp3) is 0.667. The molecule has 0 bridgehead atoms. The maximum atomic E-state index is 12.5. The number of nitrogens with zero attached hydrogens (tertiary/aromatic N) is 3. The van der Waals surface area contributed by atoms with Crippen molar-refractivity contribution >= 4 is 27.2 Å². The third-order valence-electron chi connectivity index (χ3n) is 2.98. The summed E-state index contributed by atoms with van der Waals surface area (Å²) in [5.41, 5.74) is 5.44. The lowest BCUT2D eigenvalue weighted by atomic mass is 10.4. The lowest BCUT2D eigenvalue weighted by Crippen LogP contribution is -2.33. The number of aryl methyl sites for hydroxylation is 2. The second-order valence-electron chi connectivity index (χ2n) is 4.53. The fourth-order valence-electron chi connectivity index (χ4n) is 1.89. The molecule has 0 aliphatic carbocycles. The summed E-state index contributed by atoms with van der Waals surface area (Å²) in [4.78, 5) is 4.48. The zero-order valence-electron chi connectivity index (χ0n) is 12.2.